The van der Waals surface area contributed by atoms with Crippen LogP contribution < -0.4 is 15.8 Å². The number of hydrogen-bond donors (Lipinski definition) is 3. The van der Waals surface area contributed by atoms with E-state index in [4.69, 9.17) is 10.5 Å². The molecular formula is C15H20N2O3S. The van der Waals surface area contributed by atoms with Gasteiger partial charge in [0, 0.05) is 10.1 Å². The van der Waals surface area contributed by atoms with Gasteiger partial charge in [-0.1, -0.05) is 13.8 Å². The zero-order chi connectivity index (χ0) is 15.6. The molecule has 0 bridgehead atoms. The lowest BCUT2D eigenvalue weighted by Gasteiger charge is -2.19. The first-order valence-corrected chi connectivity index (χ1v) is 7.57. The lowest BCUT2D eigenvalue weighted by molar-refractivity contribution is 0.0902. The van der Waals surface area contributed by atoms with Gasteiger partial charge < -0.3 is 20.9 Å². The first-order chi connectivity index (χ1) is 9.97. The van der Waals surface area contributed by atoms with Gasteiger partial charge in [-0.15, -0.1) is 11.3 Å². The predicted molar refractivity (Wildman–Crippen MR) is 86.0 cm³/mol. The molecule has 1 amide bonds. The van der Waals surface area contributed by atoms with Gasteiger partial charge in [-0.05, 0) is 24.1 Å². The molecule has 2 aromatic rings. The zero-order valence-corrected chi connectivity index (χ0v) is 13.2. The highest BCUT2D eigenvalue weighted by Crippen LogP contribution is 2.35. The summed E-state index contributed by atoms with van der Waals surface area (Å²) in [5.74, 6) is 0.626. The predicted octanol–water partition coefficient (Wildman–Crippen LogP) is 2.24. The van der Waals surface area contributed by atoms with Gasteiger partial charge in [0.2, 0.25) is 0 Å². The molecule has 0 fully saturated rings. The van der Waals surface area contributed by atoms with Crippen molar-refractivity contribution in [3.8, 4) is 5.75 Å². The number of nitrogen functional groups attached to an aromatic ring is 1. The fraction of sp³-hybridized carbons (Fsp3) is 0.400. The maximum atomic E-state index is 12.3. The highest BCUT2D eigenvalue weighted by atomic mass is 32.1. The number of nitrogens with two attached hydrogens (primary N) is 1. The summed E-state index contributed by atoms with van der Waals surface area (Å²) in [6.07, 6.45) is 0. The minimum absolute atomic E-state index is 0.0952. The molecule has 1 heterocycles. The summed E-state index contributed by atoms with van der Waals surface area (Å²) in [5.41, 5.74) is 6.54. The second kappa shape index (κ2) is 6.32. The third-order valence-corrected chi connectivity index (χ3v) is 4.63. The van der Waals surface area contributed by atoms with Crippen molar-refractivity contribution in [2.75, 3.05) is 19.5 Å². The van der Waals surface area contributed by atoms with Gasteiger partial charge >= 0.3 is 0 Å². The third kappa shape index (κ3) is 3.11. The van der Waals surface area contributed by atoms with Crippen LogP contribution in [-0.2, 0) is 0 Å². The topological polar surface area (TPSA) is 84.6 Å². The number of carbonyl (C=O) groups is 1. The van der Waals surface area contributed by atoms with E-state index in [0.29, 0.717) is 10.6 Å². The molecule has 0 aliphatic rings. The van der Waals surface area contributed by atoms with E-state index in [2.05, 4.69) is 5.32 Å². The van der Waals surface area contributed by atoms with E-state index in [1.807, 2.05) is 32.0 Å². The van der Waals surface area contributed by atoms with E-state index in [1.165, 1.54) is 11.3 Å². The smallest absolute Gasteiger partial charge is 0.263 e. The van der Waals surface area contributed by atoms with Crippen LogP contribution in [0, 0.1) is 5.92 Å². The van der Waals surface area contributed by atoms with Gasteiger partial charge in [-0.2, -0.15) is 0 Å². The minimum Gasteiger partial charge on any atom is -0.497 e. The molecule has 1 atom stereocenters. The Hall–Kier alpha value is -1.79. The first-order valence-electron chi connectivity index (χ1n) is 6.75. The average molecular weight is 308 g/mol. The molecule has 4 N–H and O–H groups in total. The number of anilines is 1. The Morgan fingerprint density at radius 1 is 1.48 bits per heavy atom. The molecule has 0 unspecified atom stereocenters. The number of ether oxygens (including phenoxy) is 1. The number of methoxy groups -OCH3 is 1. The number of carbonyl (C=O) groups excluding carboxylic acids is 1. The van der Waals surface area contributed by atoms with E-state index >= 15 is 0 Å². The Morgan fingerprint density at radius 2 is 2.19 bits per heavy atom. The molecule has 0 aliphatic heterocycles. The molecule has 114 valence electrons. The summed E-state index contributed by atoms with van der Waals surface area (Å²) < 4.78 is 6.08. The molecule has 0 saturated carbocycles. The molecule has 0 spiro atoms. The molecule has 21 heavy (non-hydrogen) atoms. The van der Waals surface area contributed by atoms with Gasteiger partial charge in [-0.25, -0.2) is 0 Å². The number of aliphatic hydroxyl groups is 1. The van der Waals surface area contributed by atoms with Crippen molar-refractivity contribution < 1.29 is 14.6 Å². The van der Waals surface area contributed by atoms with Crippen LogP contribution in [0.3, 0.4) is 0 Å². The molecule has 1 aromatic carbocycles. The summed E-state index contributed by atoms with van der Waals surface area (Å²) in [7, 11) is 1.60. The summed E-state index contributed by atoms with van der Waals surface area (Å²) in [4.78, 5) is 12.8. The van der Waals surface area contributed by atoms with Crippen LogP contribution in [-0.4, -0.2) is 30.8 Å². The third-order valence-electron chi connectivity index (χ3n) is 3.46. The van der Waals surface area contributed by atoms with E-state index in [9.17, 15) is 9.90 Å². The molecule has 1 aromatic heterocycles. The molecule has 5 nitrogen and oxygen atoms in total. The number of hydrogen-bond acceptors (Lipinski definition) is 5. The molecule has 0 radical (unpaired) electrons. The van der Waals surface area contributed by atoms with E-state index < -0.39 is 0 Å². The van der Waals surface area contributed by atoms with Crippen molar-refractivity contribution in [1.82, 2.24) is 5.32 Å². The van der Waals surface area contributed by atoms with Crippen LogP contribution in [0.15, 0.2) is 18.2 Å². The first kappa shape index (κ1) is 15.6. The summed E-state index contributed by atoms with van der Waals surface area (Å²) in [6.45, 7) is 3.79. The molecule has 0 saturated heterocycles. The average Bonchev–Trinajstić information content (AvgIpc) is 2.80. The molecule has 2 rings (SSSR count). The van der Waals surface area contributed by atoms with Crippen LogP contribution in [0.1, 0.15) is 23.5 Å². The van der Waals surface area contributed by atoms with E-state index in [1.54, 1.807) is 7.11 Å². The van der Waals surface area contributed by atoms with Crippen molar-refractivity contribution in [2.24, 2.45) is 5.92 Å². The van der Waals surface area contributed by atoms with Crippen molar-refractivity contribution in [1.29, 1.82) is 0 Å². The number of benzene rings is 1. The summed E-state index contributed by atoms with van der Waals surface area (Å²) >= 11 is 1.33. The summed E-state index contributed by atoms with van der Waals surface area (Å²) in [6, 6.07) is 5.25. The number of nitrogens with one attached hydrogen (secondary N) is 1. The van der Waals surface area contributed by atoms with Crippen LogP contribution in [0.25, 0.3) is 10.1 Å². The maximum absolute atomic E-state index is 12.3. The number of amides is 1. The zero-order valence-electron chi connectivity index (χ0n) is 12.3. The fourth-order valence-electron chi connectivity index (χ4n) is 2.05. The number of thiophene rings is 1. The lowest BCUT2D eigenvalue weighted by Crippen LogP contribution is -2.41. The molecular weight excluding hydrogens is 288 g/mol. The van der Waals surface area contributed by atoms with Crippen molar-refractivity contribution in [2.45, 2.75) is 19.9 Å². The molecule has 0 aliphatic carbocycles. The Kier molecular flexibility index (Phi) is 4.69. The van der Waals surface area contributed by atoms with Gasteiger partial charge in [-0.3, -0.25) is 4.79 Å². The second-order valence-corrected chi connectivity index (χ2v) is 6.27. The maximum Gasteiger partial charge on any atom is 0.263 e. The largest absolute Gasteiger partial charge is 0.497 e. The van der Waals surface area contributed by atoms with Gasteiger partial charge in [0.15, 0.2) is 0 Å². The minimum atomic E-state index is -0.281. The van der Waals surface area contributed by atoms with E-state index in [-0.39, 0.29) is 24.5 Å². The van der Waals surface area contributed by atoms with Crippen molar-refractivity contribution in [3.05, 3.63) is 23.1 Å². The monoisotopic (exact) mass is 308 g/mol. The second-order valence-electron chi connectivity index (χ2n) is 5.21. The standard InChI is InChI=1S/C15H20N2O3S/c1-8(2)11(7-18)17-15(19)14-13(16)10-5-4-9(20-3)6-12(10)21-14/h4-6,8,11,18H,7,16H2,1-3H3,(H,17,19)/t11-/m1/s1. The fourth-order valence-corrected chi connectivity index (χ4v) is 3.10. The molecule has 6 heteroatoms. The van der Waals surface area contributed by atoms with Gasteiger partial charge in [0.25, 0.3) is 5.91 Å². The van der Waals surface area contributed by atoms with Gasteiger partial charge in [0.05, 0.1) is 25.4 Å². The lowest BCUT2D eigenvalue weighted by atomic mass is 10.1. The SMILES string of the molecule is COc1ccc2c(N)c(C(=O)N[C@H](CO)C(C)C)sc2c1. The van der Waals surface area contributed by atoms with Crippen LogP contribution in [0.2, 0.25) is 0 Å². The van der Waals surface area contributed by atoms with Crippen LogP contribution in [0.5, 0.6) is 5.75 Å². The van der Waals surface area contributed by atoms with Crippen molar-refractivity contribution >= 4 is 33.0 Å². The Bertz CT molecular complexity index is 652. The Balaban J connectivity index is 2.33. The highest BCUT2D eigenvalue weighted by molar-refractivity contribution is 7.21. The number of aliphatic hydroxyl groups excluding tert-OH is 1. The van der Waals surface area contributed by atoms with E-state index in [0.717, 1.165) is 15.8 Å². The van der Waals surface area contributed by atoms with Crippen LogP contribution >= 0.6 is 11.3 Å². The van der Waals surface area contributed by atoms with Crippen LogP contribution in [0.4, 0.5) is 5.69 Å². The Labute approximate surface area is 127 Å². The quantitative estimate of drug-likeness (QED) is 0.791. The van der Waals surface area contributed by atoms with Gasteiger partial charge in [0.1, 0.15) is 10.6 Å². The number of rotatable bonds is 5. The normalized spacial score (nSPS) is 12.6. The highest BCUT2D eigenvalue weighted by Gasteiger charge is 2.21. The summed E-state index contributed by atoms with van der Waals surface area (Å²) in [5, 5.41) is 13.0. The Morgan fingerprint density at radius 3 is 2.76 bits per heavy atom. The van der Waals surface area contributed by atoms with Crippen molar-refractivity contribution in [3.63, 3.8) is 0 Å². The number of fused-ring (bicyclic) bond motifs is 1.